The summed E-state index contributed by atoms with van der Waals surface area (Å²) in [4.78, 5) is 16.8. The molecule has 2 aromatic carbocycles. The number of nitrogens with one attached hydrogen (secondary N) is 1. The largest absolute Gasteiger partial charge is 0.495 e. The van der Waals surface area contributed by atoms with E-state index >= 15 is 0 Å². The SMILES string of the molecule is COc1cc(C=CC(=O)NC2(c3ccccc3)CCCC2)ccc1-n1ccnc1. The van der Waals surface area contributed by atoms with Gasteiger partial charge in [0, 0.05) is 18.5 Å². The zero-order chi connectivity index (χ0) is 20.1. The molecule has 1 aliphatic rings. The van der Waals surface area contributed by atoms with Crippen molar-refractivity contribution in [1.29, 1.82) is 0 Å². The Morgan fingerprint density at radius 1 is 1.17 bits per heavy atom. The summed E-state index contributed by atoms with van der Waals surface area (Å²) in [6.45, 7) is 0. The molecule has 1 heterocycles. The van der Waals surface area contributed by atoms with Gasteiger partial charge in [-0.3, -0.25) is 4.79 Å². The predicted molar refractivity (Wildman–Crippen MR) is 114 cm³/mol. The van der Waals surface area contributed by atoms with Crippen molar-refractivity contribution in [2.24, 2.45) is 0 Å². The number of nitrogens with zero attached hydrogens (tertiary/aromatic N) is 2. The molecule has 148 valence electrons. The number of benzene rings is 2. The molecular weight excluding hydrogens is 362 g/mol. The normalized spacial score (nSPS) is 15.5. The second-order valence-corrected chi connectivity index (χ2v) is 7.38. The van der Waals surface area contributed by atoms with Gasteiger partial charge in [0.05, 0.1) is 24.7 Å². The van der Waals surface area contributed by atoms with Gasteiger partial charge in [0.25, 0.3) is 0 Å². The van der Waals surface area contributed by atoms with Crippen LogP contribution in [-0.4, -0.2) is 22.6 Å². The van der Waals surface area contributed by atoms with Crippen molar-refractivity contribution in [1.82, 2.24) is 14.9 Å². The van der Waals surface area contributed by atoms with Gasteiger partial charge in [-0.25, -0.2) is 4.98 Å². The number of rotatable bonds is 6. The van der Waals surface area contributed by atoms with Gasteiger partial charge in [0.15, 0.2) is 0 Å². The number of carbonyl (C=O) groups is 1. The molecule has 3 aromatic rings. The van der Waals surface area contributed by atoms with Crippen molar-refractivity contribution in [3.05, 3.63) is 84.5 Å². The molecule has 1 saturated carbocycles. The zero-order valence-corrected chi connectivity index (χ0v) is 16.5. The van der Waals surface area contributed by atoms with Gasteiger partial charge in [-0.2, -0.15) is 0 Å². The number of carbonyl (C=O) groups excluding carboxylic acids is 1. The Bertz CT molecular complexity index is 988. The summed E-state index contributed by atoms with van der Waals surface area (Å²) < 4.78 is 7.41. The molecule has 1 N–H and O–H groups in total. The van der Waals surface area contributed by atoms with E-state index in [0.717, 1.165) is 42.7 Å². The lowest BCUT2D eigenvalue weighted by Crippen LogP contribution is -2.43. The van der Waals surface area contributed by atoms with Crippen molar-refractivity contribution in [3.8, 4) is 11.4 Å². The molecular formula is C24H25N3O2. The van der Waals surface area contributed by atoms with E-state index in [1.165, 1.54) is 5.56 Å². The Labute approximate surface area is 171 Å². The minimum absolute atomic E-state index is 0.0755. The maximum atomic E-state index is 12.7. The second kappa shape index (κ2) is 8.35. The first kappa shape index (κ1) is 19.0. The average molecular weight is 387 g/mol. The lowest BCUT2D eigenvalue weighted by atomic mass is 9.88. The summed E-state index contributed by atoms with van der Waals surface area (Å²) >= 11 is 0. The van der Waals surface area contributed by atoms with Crippen molar-refractivity contribution in [2.45, 2.75) is 31.2 Å². The van der Waals surface area contributed by atoms with Crippen LogP contribution in [0.3, 0.4) is 0 Å². The van der Waals surface area contributed by atoms with Crippen LogP contribution in [0.25, 0.3) is 11.8 Å². The number of hydrogen-bond donors (Lipinski definition) is 1. The molecule has 1 aromatic heterocycles. The number of ether oxygens (including phenoxy) is 1. The van der Waals surface area contributed by atoms with E-state index in [1.807, 2.05) is 53.2 Å². The predicted octanol–water partition coefficient (Wildman–Crippen LogP) is 4.48. The van der Waals surface area contributed by atoms with Crippen molar-refractivity contribution in [3.63, 3.8) is 0 Å². The minimum atomic E-state index is -0.258. The molecule has 4 rings (SSSR count). The second-order valence-electron chi connectivity index (χ2n) is 7.38. The van der Waals surface area contributed by atoms with Crippen LogP contribution < -0.4 is 10.1 Å². The molecule has 0 aliphatic heterocycles. The molecule has 1 fully saturated rings. The number of amides is 1. The van der Waals surface area contributed by atoms with E-state index in [-0.39, 0.29) is 11.4 Å². The van der Waals surface area contributed by atoms with Gasteiger partial charge >= 0.3 is 0 Å². The van der Waals surface area contributed by atoms with Crippen LogP contribution in [0.1, 0.15) is 36.8 Å². The van der Waals surface area contributed by atoms with E-state index in [0.29, 0.717) is 0 Å². The van der Waals surface area contributed by atoms with Gasteiger partial charge in [-0.1, -0.05) is 49.2 Å². The fraction of sp³-hybridized carbons (Fsp3) is 0.250. The van der Waals surface area contributed by atoms with Crippen molar-refractivity contribution in [2.75, 3.05) is 7.11 Å². The van der Waals surface area contributed by atoms with Gasteiger partial charge in [0.1, 0.15) is 5.75 Å². The minimum Gasteiger partial charge on any atom is -0.495 e. The Morgan fingerprint density at radius 2 is 1.97 bits per heavy atom. The van der Waals surface area contributed by atoms with Crippen LogP contribution in [0.2, 0.25) is 0 Å². The summed E-state index contributed by atoms with van der Waals surface area (Å²) in [6, 6.07) is 16.1. The van der Waals surface area contributed by atoms with Crippen LogP contribution in [0, 0.1) is 0 Å². The highest BCUT2D eigenvalue weighted by Gasteiger charge is 2.36. The van der Waals surface area contributed by atoms with Gasteiger partial charge in [-0.05, 0) is 42.2 Å². The molecule has 5 nitrogen and oxygen atoms in total. The Balaban J connectivity index is 1.51. The van der Waals surface area contributed by atoms with E-state index < -0.39 is 0 Å². The molecule has 0 spiro atoms. The summed E-state index contributed by atoms with van der Waals surface area (Å²) in [5.41, 5.74) is 2.73. The highest BCUT2D eigenvalue weighted by atomic mass is 16.5. The molecule has 1 amide bonds. The lowest BCUT2D eigenvalue weighted by molar-refractivity contribution is -0.118. The first-order valence-corrected chi connectivity index (χ1v) is 9.92. The maximum absolute atomic E-state index is 12.7. The summed E-state index contributed by atoms with van der Waals surface area (Å²) in [5, 5.41) is 3.27. The Hall–Kier alpha value is -3.34. The van der Waals surface area contributed by atoms with Gasteiger partial charge < -0.3 is 14.6 Å². The lowest BCUT2D eigenvalue weighted by Gasteiger charge is -2.30. The van der Waals surface area contributed by atoms with E-state index in [1.54, 1.807) is 25.7 Å². The molecule has 5 heteroatoms. The third-order valence-corrected chi connectivity index (χ3v) is 5.56. The quantitative estimate of drug-likeness (QED) is 0.635. The highest BCUT2D eigenvalue weighted by Crippen LogP contribution is 2.38. The van der Waals surface area contributed by atoms with Crippen LogP contribution >= 0.6 is 0 Å². The van der Waals surface area contributed by atoms with Crippen molar-refractivity contribution < 1.29 is 9.53 Å². The first-order chi connectivity index (χ1) is 14.2. The first-order valence-electron chi connectivity index (χ1n) is 9.92. The van der Waals surface area contributed by atoms with Crippen LogP contribution in [0.5, 0.6) is 5.75 Å². The molecule has 0 unspecified atom stereocenters. The van der Waals surface area contributed by atoms with Crippen LogP contribution in [0.4, 0.5) is 0 Å². The fourth-order valence-corrected chi connectivity index (χ4v) is 4.08. The van der Waals surface area contributed by atoms with Crippen LogP contribution in [0.15, 0.2) is 73.3 Å². The molecule has 0 atom stereocenters. The molecule has 0 saturated heterocycles. The molecule has 0 bridgehead atoms. The highest BCUT2D eigenvalue weighted by molar-refractivity contribution is 5.92. The number of aromatic nitrogens is 2. The van der Waals surface area contributed by atoms with Gasteiger partial charge in [0.2, 0.25) is 5.91 Å². The summed E-state index contributed by atoms with van der Waals surface area (Å²) in [6.07, 6.45) is 13.0. The topological polar surface area (TPSA) is 56.1 Å². The standard InChI is InChI=1S/C24H25N3O2/c1-29-22-17-19(9-11-21(22)27-16-15-25-18-27)10-12-23(28)26-24(13-5-6-14-24)20-7-3-2-4-8-20/h2-4,7-12,15-18H,5-6,13-14H2,1H3,(H,26,28). The third kappa shape index (κ3) is 4.09. The van der Waals surface area contributed by atoms with E-state index in [2.05, 4.69) is 22.4 Å². The van der Waals surface area contributed by atoms with Gasteiger partial charge in [-0.15, -0.1) is 0 Å². The number of methoxy groups -OCH3 is 1. The van der Waals surface area contributed by atoms with Crippen LogP contribution in [-0.2, 0) is 10.3 Å². The summed E-state index contributed by atoms with van der Waals surface area (Å²) in [7, 11) is 1.64. The smallest absolute Gasteiger partial charge is 0.244 e. The zero-order valence-electron chi connectivity index (χ0n) is 16.5. The number of hydrogen-bond acceptors (Lipinski definition) is 3. The van der Waals surface area contributed by atoms with E-state index in [4.69, 9.17) is 4.74 Å². The fourth-order valence-electron chi connectivity index (χ4n) is 4.08. The Kier molecular flexibility index (Phi) is 5.47. The van der Waals surface area contributed by atoms with Crippen molar-refractivity contribution >= 4 is 12.0 Å². The number of imidazole rings is 1. The maximum Gasteiger partial charge on any atom is 0.244 e. The monoisotopic (exact) mass is 387 g/mol. The van der Waals surface area contributed by atoms with E-state index in [9.17, 15) is 4.79 Å². The Morgan fingerprint density at radius 3 is 2.66 bits per heavy atom. The molecule has 1 aliphatic carbocycles. The molecule has 29 heavy (non-hydrogen) atoms. The average Bonchev–Trinajstić information content (AvgIpc) is 3.46. The molecule has 0 radical (unpaired) electrons. The summed E-state index contributed by atoms with van der Waals surface area (Å²) in [5.74, 6) is 0.649. The third-order valence-electron chi connectivity index (χ3n) is 5.56.